The van der Waals surface area contributed by atoms with Gasteiger partial charge in [0, 0.05) is 18.3 Å². The van der Waals surface area contributed by atoms with Crippen LogP contribution in [0.5, 0.6) is 5.75 Å². The van der Waals surface area contributed by atoms with Gasteiger partial charge in [0.25, 0.3) is 0 Å². The second-order valence-electron chi connectivity index (χ2n) is 4.08. The second-order valence-corrected chi connectivity index (χ2v) is 4.08. The van der Waals surface area contributed by atoms with Crippen LogP contribution in [0.2, 0.25) is 0 Å². The molecular formula is C14H10F5NO. The van der Waals surface area contributed by atoms with Gasteiger partial charge in [0.2, 0.25) is 11.6 Å². The standard InChI is InChI=1S/C14H10F5NO/c15-8-1-3-9(4-2-8)20-5-6-21-14-12(18)10(16)7-11(17)13(14)19/h1-4,7,20H,5-6H2. The SMILES string of the molecule is Fc1ccc(NCCOc2c(F)c(F)cc(F)c2F)cc1. The lowest BCUT2D eigenvalue weighted by Crippen LogP contribution is -2.13. The van der Waals surface area contributed by atoms with Crippen LogP contribution >= 0.6 is 0 Å². The Bertz CT molecular complexity index is 604. The number of hydrogen-bond donors (Lipinski definition) is 1. The van der Waals surface area contributed by atoms with E-state index in [1.54, 1.807) is 0 Å². The van der Waals surface area contributed by atoms with Gasteiger partial charge in [-0.3, -0.25) is 0 Å². The van der Waals surface area contributed by atoms with Gasteiger partial charge in [-0.2, -0.15) is 8.78 Å². The van der Waals surface area contributed by atoms with Gasteiger partial charge in [-0.15, -0.1) is 0 Å². The van der Waals surface area contributed by atoms with Gasteiger partial charge in [0.05, 0.1) is 0 Å². The lowest BCUT2D eigenvalue weighted by atomic mass is 10.3. The van der Waals surface area contributed by atoms with Gasteiger partial charge in [-0.1, -0.05) is 0 Å². The zero-order valence-corrected chi connectivity index (χ0v) is 10.6. The van der Waals surface area contributed by atoms with Crippen LogP contribution in [0.1, 0.15) is 0 Å². The first-order valence-corrected chi connectivity index (χ1v) is 5.94. The van der Waals surface area contributed by atoms with Gasteiger partial charge >= 0.3 is 0 Å². The van der Waals surface area contributed by atoms with Crippen LogP contribution in [0.4, 0.5) is 27.6 Å². The lowest BCUT2D eigenvalue weighted by molar-refractivity contribution is 0.282. The minimum atomic E-state index is -1.59. The van der Waals surface area contributed by atoms with Crippen LogP contribution in [0.3, 0.4) is 0 Å². The molecule has 0 bridgehead atoms. The Labute approximate surface area is 117 Å². The molecule has 0 saturated carbocycles. The molecule has 21 heavy (non-hydrogen) atoms. The summed E-state index contributed by atoms with van der Waals surface area (Å²) in [4.78, 5) is 0. The highest BCUT2D eigenvalue weighted by Crippen LogP contribution is 2.26. The molecule has 0 radical (unpaired) electrons. The highest BCUT2D eigenvalue weighted by Gasteiger charge is 2.20. The molecule has 7 heteroatoms. The van der Waals surface area contributed by atoms with E-state index in [2.05, 4.69) is 5.32 Å². The Kier molecular flexibility index (Phi) is 4.62. The number of hydrogen-bond acceptors (Lipinski definition) is 2. The summed E-state index contributed by atoms with van der Waals surface area (Å²) in [6.45, 7) is -0.142. The van der Waals surface area contributed by atoms with Gasteiger partial charge in [0.15, 0.2) is 17.4 Å². The molecule has 0 aromatic heterocycles. The minimum Gasteiger partial charge on any atom is -0.486 e. The molecule has 2 rings (SSSR count). The number of ether oxygens (including phenoxy) is 1. The fourth-order valence-corrected chi connectivity index (χ4v) is 1.59. The molecule has 0 unspecified atom stereocenters. The van der Waals surface area contributed by atoms with E-state index in [1.165, 1.54) is 24.3 Å². The van der Waals surface area contributed by atoms with Gasteiger partial charge in [-0.25, -0.2) is 13.2 Å². The largest absolute Gasteiger partial charge is 0.486 e. The van der Waals surface area contributed by atoms with E-state index in [-0.39, 0.29) is 19.2 Å². The monoisotopic (exact) mass is 303 g/mol. The number of rotatable bonds is 5. The topological polar surface area (TPSA) is 21.3 Å². The molecule has 0 aliphatic carbocycles. The lowest BCUT2D eigenvalue weighted by Gasteiger charge is -2.10. The third-order valence-corrected chi connectivity index (χ3v) is 2.59. The van der Waals surface area contributed by atoms with Crippen molar-refractivity contribution in [3.8, 4) is 5.75 Å². The summed E-state index contributed by atoms with van der Waals surface area (Å²) in [5.41, 5.74) is 0.561. The molecule has 2 nitrogen and oxygen atoms in total. The van der Waals surface area contributed by atoms with Crippen molar-refractivity contribution in [3.63, 3.8) is 0 Å². The Balaban J connectivity index is 1.93. The summed E-state index contributed by atoms with van der Waals surface area (Å²) in [5, 5.41) is 2.79. The first-order valence-electron chi connectivity index (χ1n) is 5.94. The molecule has 0 saturated heterocycles. The molecule has 1 N–H and O–H groups in total. The quantitative estimate of drug-likeness (QED) is 0.514. The molecule has 2 aromatic carbocycles. The molecule has 0 amide bonds. The first-order chi connectivity index (χ1) is 9.99. The normalized spacial score (nSPS) is 10.5. The number of nitrogens with one attached hydrogen (secondary N) is 1. The third kappa shape index (κ3) is 3.62. The molecule has 0 spiro atoms. The van der Waals surface area contributed by atoms with Crippen LogP contribution in [0, 0.1) is 29.1 Å². The van der Waals surface area contributed by atoms with Crippen molar-refractivity contribution >= 4 is 5.69 Å². The maximum atomic E-state index is 13.3. The average molecular weight is 303 g/mol. The van der Waals surface area contributed by atoms with Crippen molar-refractivity contribution in [3.05, 3.63) is 59.4 Å². The van der Waals surface area contributed by atoms with Crippen molar-refractivity contribution < 1.29 is 26.7 Å². The Hall–Kier alpha value is -2.31. The van der Waals surface area contributed by atoms with Crippen LogP contribution in [0.25, 0.3) is 0 Å². The number of benzene rings is 2. The molecule has 0 aliphatic heterocycles. The van der Waals surface area contributed by atoms with E-state index in [0.29, 0.717) is 5.69 Å². The summed E-state index contributed by atoms with van der Waals surface area (Å²) < 4.78 is 69.7. The summed E-state index contributed by atoms with van der Waals surface area (Å²) >= 11 is 0. The molecule has 0 heterocycles. The smallest absolute Gasteiger partial charge is 0.203 e. The zero-order valence-electron chi connectivity index (χ0n) is 10.6. The zero-order chi connectivity index (χ0) is 15.4. The molecule has 112 valence electrons. The van der Waals surface area contributed by atoms with Crippen LogP contribution in [-0.4, -0.2) is 13.2 Å². The van der Waals surface area contributed by atoms with Crippen molar-refractivity contribution in [2.24, 2.45) is 0 Å². The maximum Gasteiger partial charge on any atom is 0.203 e. The number of anilines is 1. The highest BCUT2D eigenvalue weighted by atomic mass is 19.2. The van der Waals surface area contributed by atoms with Gasteiger partial charge in [-0.05, 0) is 24.3 Å². The second kappa shape index (κ2) is 6.43. The van der Waals surface area contributed by atoms with Crippen molar-refractivity contribution in [2.45, 2.75) is 0 Å². The number of halogens is 5. The predicted octanol–water partition coefficient (Wildman–Crippen LogP) is 3.87. The van der Waals surface area contributed by atoms with Crippen LogP contribution in [-0.2, 0) is 0 Å². The van der Waals surface area contributed by atoms with Gasteiger partial charge in [0.1, 0.15) is 12.4 Å². The summed E-state index contributed by atoms with van der Waals surface area (Å²) in [6, 6.07) is 5.47. The molecule has 2 aromatic rings. The minimum absolute atomic E-state index is 0.0998. The molecule has 0 fully saturated rings. The Morgan fingerprint density at radius 3 is 2.00 bits per heavy atom. The summed E-state index contributed by atoms with van der Waals surface area (Å²) in [7, 11) is 0. The van der Waals surface area contributed by atoms with E-state index >= 15 is 0 Å². The van der Waals surface area contributed by atoms with Gasteiger partial charge < -0.3 is 10.1 Å². The van der Waals surface area contributed by atoms with Crippen molar-refractivity contribution in [1.29, 1.82) is 0 Å². The van der Waals surface area contributed by atoms with Crippen LogP contribution in [0.15, 0.2) is 30.3 Å². The first kappa shape index (κ1) is 15.1. The maximum absolute atomic E-state index is 13.3. The summed E-state index contributed by atoms with van der Waals surface area (Å²) in [6.07, 6.45) is 0. The van der Waals surface area contributed by atoms with E-state index < -0.39 is 34.8 Å². The fraction of sp³-hybridized carbons (Fsp3) is 0.143. The van der Waals surface area contributed by atoms with Crippen LogP contribution < -0.4 is 10.1 Å². The third-order valence-electron chi connectivity index (χ3n) is 2.59. The van der Waals surface area contributed by atoms with Crippen molar-refractivity contribution in [2.75, 3.05) is 18.5 Å². The average Bonchev–Trinajstić information content (AvgIpc) is 2.46. The molecular weight excluding hydrogens is 293 g/mol. The Morgan fingerprint density at radius 2 is 1.43 bits per heavy atom. The summed E-state index contributed by atoms with van der Waals surface area (Å²) in [5.74, 6) is -7.75. The van der Waals surface area contributed by atoms with E-state index in [4.69, 9.17) is 4.74 Å². The molecule has 0 aliphatic rings. The highest BCUT2D eigenvalue weighted by molar-refractivity contribution is 5.42. The predicted molar refractivity (Wildman–Crippen MR) is 66.7 cm³/mol. The van der Waals surface area contributed by atoms with E-state index in [0.717, 1.165) is 0 Å². The molecule has 0 atom stereocenters. The Morgan fingerprint density at radius 1 is 0.857 bits per heavy atom. The fourth-order valence-electron chi connectivity index (χ4n) is 1.59. The van der Waals surface area contributed by atoms with E-state index in [9.17, 15) is 22.0 Å². The van der Waals surface area contributed by atoms with Crippen molar-refractivity contribution in [1.82, 2.24) is 0 Å². The van der Waals surface area contributed by atoms with E-state index in [1.807, 2.05) is 0 Å².